The van der Waals surface area contributed by atoms with Crippen molar-refractivity contribution < 1.29 is 9.32 Å². The van der Waals surface area contributed by atoms with Gasteiger partial charge in [-0.1, -0.05) is 5.16 Å². The molecule has 0 aliphatic carbocycles. The maximum atomic E-state index is 11.8. The lowest BCUT2D eigenvalue weighted by Gasteiger charge is -2.23. The molecule has 0 fully saturated rings. The monoisotopic (exact) mass is 309 g/mol. The third kappa shape index (κ3) is 4.54. The molecule has 0 aromatic carbocycles. The molecule has 0 aliphatic rings. The van der Waals surface area contributed by atoms with Crippen molar-refractivity contribution in [2.24, 2.45) is 0 Å². The summed E-state index contributed by atoms with van der Waals surface area (Å²) in [4.78, 5) is 17.9. The highest BCUT2D eigenvalue weighted by Crippen LogP contribution is 2.19. The molecular formula is C13H19N5O2S. The minimum Gasteiger partial charge on any atom is -0.340 e. The van der Waals surface area contributed by atoms with Gasteiger partial charge in [-0.05, 0) is 36.5 Å². The highest BCUT2D eigenvalue weighted by molar-refractivity contribution is 7.07. The summed E-state index contributed by atoms with van der Waals surface area (Å²) in [5.74, 6) is 0.946. The van der Waals surface area contributed by atoms with Crippen molar-refractivity contribution in [3.05, 3.63) is 34.1 Å². The number of carbonyl (C=O) groups is 1. The predicted octanol–water partition coefficient (Wildman–Crippen LogP) is 1.54. The Labute approximate surface area is 127 Å². The largest absolute Gasteiger partial charge is 0.340 e. The summed E-state index contributed by atoms with van der Waals surface area (Å²) in [7, 11) is 3.98. The van der Waals surface area contributed by atoms with Crippen LogP contribution in [0.3, 0.4) is 0 Å². The van der Waals surface area contributed by atoms with Crippen molar-refractivity contribution in [1.29, 1.82) is 0 Å². The Morgan fingerprint density at radius 1 is 1.48 bits per heavy atom. The second-order valence-corrected chi connectivity index (χ2v) is 5.61. The normalized spacial score (nSPS) is 12.4. The van der Waals surface area contributed by atoms with Crippen molar-refractivity contribution in [3.63, 3.8) is 0 Å². The summed E-state index contributed by atoms with van der Waals surface area (Å²) in [6, 6.07) is 1.96. The van der Waals surface area contributed by atoms with Crippen molar-refractivity contribution >= 4 is 17.4 Å². The van der Waals surface area contributed by atoms with E-state index in [0.29, 0.717) is 18.3 Å². The molecule has 0 unspecified atom stereocenters. The van der Waals surface area contributed by atoms with Gasteiger partial charge in [-0.15, -0.1) is 0 Å². The fourth-order valence-corrected chi connectivity index (χ4v) is 2.59. The standard InChI is InChI=1S/C13H19N5O2S/c1-9-16-12(17-20-9)7-15-13(19)14-6-11(18(2)3)10-4-5-21-8-10/h4-5,8,11H,6-7H2,1-3H3,(H2,14,15,19)/t11-/m0/s1. The number of hydrogen-bond acceptors (Lipinski definition) is 6. The van der Waals surface area contributed by atoms with Crippen LogP contribution in [0.15, 0.2) is 21.3 Å². The number of likely N-dealkylation sites (N-methyl/N-ethyl adjacent to an activating group) is 1. The first-order valence-electron chi connectivity index (χ1n) is 6.55. The van der Waals surface area contributed by atoms with E-state index in [1.807, 2.05) is 19.5 Å². The van der Waals surface area contributed by atoms with Gasteiger partial charge in [-0.3, -0.25) is 0 Å². The van der Waals surface area contributed by atoms with Gasteiger partial charge in [0.2, 0.25) is 5.89 Å². The zero-order chi connectivity index (χ0) is 15.2. The SMILES string of the molecule is Cc1nc(CNC(=O)NC[C@@H](c2ccsc2)N(C)C)no1. The molecular weight excluding hydrogens is 290 g/mol. The number of nitrogens with one attached hydrogen (secondary N) is 2. The van der Waals surface area contributed by atoms with E-state index in [9.17, 15) is 4.79 Å². The molecule has 0 aliphatic heterocycles. The second kappa shape index (κ2) is 7.19. The van der Waals surface area contributed by atoms with Gasteiger partial charge in [0.05, 0.1) is 12.6 Å². The van der Waals surface area contributed by atoms with Crippen molar-refractivity contribution in [2.45, 2.75) is 19.5 Å². The van der Waals surface area contributed by atoms with E-state index in [1.54, 1.807) is 18.3 Å². The minimum absolute atomic E-state index is 0.148. The number of hydrogen-bond donors (Lipinski definition) is 2. The van der Waals surface area contributed by atoms with Gasteiger partial charge in [-0.25, -0.2) is 4.79 Å². The van der Waals surface area contributed by atoms with Crippen LogP contribution >= 0.6 is 11.3 Å². The lowest BCUT2D eigenvalue weighted by molar-refractivity contribution is 0.232. The molecule has 114 valence electrons. The lowest BCUT2D eigenvalue weighted by atomic mass is 10.1. The molecule has 8 heteroatoms. The predicted molar refractivity (Wildman–Crippen MR) is 80.0 cm³/mol. The average Bonchev–Trinajstić information content (AvgIpc) is 3.08. The zero-order valence-electron chi connectivity index (χ0n) is 12.3. The number of thiophene rings is 1. The summed E-state index contributed by atoms with van der Waals surface area (Å²) in [6.45, 7) is 2.48. The molecule has 2 aromatic heterocycles. The Morgan fingerprint density at radius 2 is 2.29 bits per heavy atom. The highest BCUT2D eigenvalue weighted by atomic mass is 32.1. The maximum Gasteiger partial charge on any atom is 0.315 e. The van der Waals surface area contributed by atoms with Crippen molar-refractivity contribution in [2.75, 3.05) is 20.6 Å². The first-order chi connectivity index (χ1) is 10.1. The number of amides is 2. The third-order valence-corrected chi connectivity index (χ3v) is 3.69. The Hall–Kier alpha value is -1.93. The fraction of sp³-hybridized carbons (Fsp3) is 0.462. The molecule has 1 atom stereocenters. The number of aromatic nitrogens is 2. The highest BCUT2D eigenvalue weighted by Gasteiger charge is 2.15. The quantitative estimate of drug-likeness (QED) is 0.846. The first-order valence-corrected chi connectivity index (χ1v) is 7.50. The maximum absolute atomic E-state index is 11.8. The smallest absolute Gasteiger partial charge is 0.315 e. The molecule has 2 heterocycles. The third-order valence-electron chi connectivity index (χ3n) is 2.98. The van der Waals surface area contributed by atoms with Crippen molar-refractivity contribution in [3.8, 4) is 0 Å². The molecule has 0 saturated carbocycles. The molecule has 0 bridgehead atoms. The minimum atomic E-state index is -0.250. The van der Waals surface area contributed by atoms with E-state index >= 15 is 0 Å². The fourth-order valence-electron chi connectivity index (χ4n) is 1.89. The average molecular weight is 309 g/mol. The molecule has 2 amide bonds. The number of carbonyl (C=O) groups excluding carboxylic acids is 1. The van der Waals surface area contributed by atoms with Crippen LogP contribution < -0.4 is 10.6 Å². The number of rotatable bonds is 6. The van der Waals surface area contributed by atoms with Gasteiger partial charge in [0.15, 0.2) is 5.82 Å². The van der Waals surface area contributed by atoms with E-state index < -0.39 is 0 Å². The molecule has 2 N–H and O–H groups in total. The van der Waals surface area contributed by atoms with E-state index in [0.717, 1.165) is 0 Å². The Kier molecular flexibility index (Phi) is 5.29. The van der Waals surface area contributed by atoms with E-state index in [2.05, 4.69) is 37.1 Å². The molecule has 0 saturated heterocycles. The van der Waals surface area contributed by atoms with Gasteiger partial charge in [0.1, 0.15) is 0 Å². The molecule has 2 rings (SSSR count). The van der Waals surface area contributed by atoms with Gasteiger partial charge in [0, 0.05) is 13.5 Å². The topological polar surface area (TPSA) is 83.3 Å². The van der Waals surface area contributed by atoms with Crippen LogP contribution in [0, 0.1) is 6.92 Å². The number of nitrogens with zero attached hydrogens (tertiary/aromatic N) is 3. The van der Waals surface area contributed by atoms with Gasteiger partial charge in [-0.2, -0.15) is 16.3 Å². The van der Waals surface area contributed by atoms with Crippen LogP contribution in [0.25, 0.3) is 0 Å². The van der Waals surface area contributed by atoms with Crippen LogP contribution in [-0.4, -0.2) is 41.7 Å². The summed E-state index contributed by atoms with van der Waals surface area (Å²) in [6.07, 6.45) is 0. The summed E-state index contributed by atoms with van der Waals surface area (Å²) < 4.78 is 4.84. The Morgan fingerprint density at radius 3 is 2.86 bits per heavy atom. The van der Waals surface area contributed by atoms with Crippen molar-refractivity contribution in [1.82, 2.24) is 25.7 Å². The van der Waals surface area contributed by atoms with Gasteiger partial charge < -0.3 is 20.1 Å². The van der Waals surface area contributed by atoms with Crippen LogP contribution in [0.2, 0.25) is 0 Å². The molecule has 0 spiro atoms. The van der Waals surface area contributed by atoms with E-state index in [4.69, 9.17) is 4.52 Å². The van der Waals surface area contributed by atoms with Gasteiger partial charge >= 0.3 is 6.03 Å². The molecule has 2 aromatic rings. The molecule has 7 nitrogen and oxygen atoms in total. The second-order valence-electron chi connectivity index (χ2n) is 4.83. The molecule has 21 heavy (non-hydrogen) atoms. The summed E-state index contributed by atoms with van der Waals surface area (Å²) in [5.41, 5.74) is 1.19. The van der Waals surface area contributed by atoms with Crippen LogP contribution in [0.1, 0.15) is 23.3 Å². The van der Waals surface area contributed by atoms with Crippen LogP contribution in [0.5, 0.6) is 0 Å². The number of urea groups is 1. The zero-order valence-corrected chi connectivity index (χ0v) is 13.1. The first kappa shape index (κ1) is 15.5. The van der Waals surface area contributed by atoms with E-state index in [1.165, 1.54) is 5.56 Å². The Bertz CT molecular complexity index is 567. The summed E-state index contributed by atoms with van der Waals surface area (Å²) >= 11 is 1.65. The lowest BCUT2D eigenvalue weighted by Crippen LogP contribution is -2.40. The number of aryl methyl sites for hydroxylation is 1. The molecule has 0 radical (unpaired) electrons. The van der Waals surface area contributed by atoms with Gasteiger partial charge in [0.25, 0.3) is 0 Å². The van der Waals surface area contributed by atoms with Crippen LogP contribution in [-0.2, 0) is 6.54 Å². The van der Waals surface area contributed by atoms with Crippen LogP contribution in [0.4, 0.5) is 4.79 Å². The van der Waals surface area contributed by atoms with E-state index in [-0.39, 0.29) is 18.6 Å². The Balaban J connectivity index is 1.79. The summed E-state index contributed by atoms with van der Waals surface area (Å²) in [5, 5.41) is 13.4.